The number of carbonyl (C=O) groups excluding carboxylic acids is 2. The van der Waals surface area contributed by atoms with Gasteiger partial charge in [-0.2, -0.15) is 0 Å². The van der Waals surface area contributed by atoms with Crippen molar-refractivity contribution in [2.24, 2.45) is 0 Å². The van der Waals surface area contributed by atoms with E-state index in [0.29, 0.717) is 6.54 Å². The summed E-state index contributed by atoms with van der Waals surface area (Å²) >= 11 is 3.03. The van der Waals surface area contributed by atoms with Gasteiger partial charge in [0.05, 0.1) is 0 Å². The molecule has 0 aliphatic carbocycles. The van der Waals surface area contributed by atoms with Gasteiger partial charge in [-0.15, -0.1) is 23.5 Å². The third-order valence-electron chi connectivity index (χ3n) is 5.65. The summed E-state index contributed by atoms with van der Waals surface area (Å²) in [6.07, 6.45) is 0. The van der Waals surface area contributed by atoms with E-state index in [9.17, 15) is 9.59 Å². The highest BCUT2D eigenvalue weighted by molar-refractivity contribution is 8.00. The van der Waals surface area contributed by atoms with Crippen LogP contribution in [0.5, 0.6) is 0 Å². The lowest BCUT2D eigenvalue weighted by Crippen LogP contribution is -2.44. The average molecular weight is 527 g/mol. The predicted octanol–water partition coefficient (Wildman–Crippen LogP) is 6.67. The Morgan fingerprint density at radius 3 is 1.41 bits per heavy atom. The zero-order valence-corrected chi connectivity index (χ0v) is 22.3. The number of hydrogen-bond donors (Lipinski definition) is 2. The Labute approximate surface area is 227 Å². The minimum atomic E-state index is -0.396. The largest absolute Gasteiger partial charge is 0.353 e. The van der Waals surface area contributed by atoms with E-state index in [1.807, 2.05) is 128 Å². The first-order valence-electron chi connectivity index (χ1n) is 12.2. The van der Waals surface area contributed by atoms with Crippen LogP contribution in [0.15, 0.2) is 131 Å². The first-order valence-corrected chi connectivity index (χ1v) is 14.0. The molecule has 0 aliphatic heterocycles. The molecule has 37 heavy (non-hydrogen) atoms. The lowest BCUT2D eigenvalue weighted by Gasteiger charge is -2.22. The van der Waals surface area contributed by atoms with E-state index in [2.05, 4.69) is 10.6 Å². The van der Waals surface area contributed by atoms with Crippen molar-refractivity contribution in [3.8, 4) is 0 Å². The molecule has 4 aromatic rings. The fourth-order valence-corrected chi connectivity index (χ4v) is 5.91. The molecule has 6 heteroatoms. The predicted molar refractivity (Wildman–Crippen MR) is 154 cm³/mol. The quantitative estimate of drug-likeness (QED) is 0.214. The average Bonchev–Trinajstić information content (AvgIpc) is 2.95. The Kier molecular flexibility index (Phi) is 9.86. The molecular weight excluding hydrogens is 496 g/mol. The number of amides is 2. The highest BCUT2D eigenvalue weighted by Crippen LogP contribution is 2.36. The molecule has 0 fully saturated rings. The number of thioether (sulfide) groups is 2. The van der Waals surface area contributed by atoms with E-state index in [0.717, 1.165) is 20.9 Å². The van der Waals surface area contributed by atoms with E-state index in [-0.39, 0.29) is 17.9 Å². The Hall–Kier alpha value is -3.48. The van der Waals surface area contributed by atoms with Gasteiger partial charge in [-0.25, -0.2) is 0 Å². The molecule has 2 N–H and O–H groups in total. The van der Waals surface area contributed by atoms with E-state index in [4.69, 9.17) is 0 Å². The number of nitrogens with one attached hydrogen (secondary N) is 2. The summed E-state index contributed by atoms with van der Waals surface area (Å²) < 4.78 is 0. The molecule has 0 saturated heterocycles. The molecule has 0 unspecified atom stereocenters. The molecule has 0 saturated carbocycles. The summed E-state index contributed by atoms with van der Waals surface area (Å²) in [5, 5.41) is 5.37. The van der Waals surface area contributed by atoms with Gasteiger partial charge in [-0.1, -0.05) is 97.1 Å². The molecule has 2 amide bonds. The van der Waals surface area contributed by atoms with Gasteiger partial charge in [0.25, 0.3) is 0 Å². The molecule has 188 valence electrons. The molecule has 3 atom stereocenters. The molecule has 0 radical (unpaired) electrons. The van der Waals surface area contributed by atoms with Crippen LogP contribution in [-0.4, -0.2) is 24.4 Å². The molecule has 0 aliphatic rings. The van der Waals surface area contributed by atoms with Crippen LogP contribution in [0.2, 0.25) is 0 Å². The molecule has 4 rings (SSSR count). The smallest absolute Gasteiger partial charge is 0.238 e. The van der Waals surface area contributed by atoms with Crippen molar-refractivity contribution in [3.63, 3.8) is 0 Å². The van der Waals surface area contributed by atoms with Gasteiger partial charge in [-0.05, 0) is 42.3 Å². The van der Waals surface area contributed by atoms with Gasteiger partial charge in [0.1, 0.15) is 10.5 Å². The first-order chi connectivity index (χ1) is 18.1. The van der Waals surface area contributed by atoms with Crippen molar-refractivity contribution >= 4 is 35.3 Å². The highest BCUT2D eigenvalue weighted by Gasteiger charge is 2.25. The van der Waals surface area contributed by atoms with Crippen LogP contribution in [0.3, 0.4) is 0 Å². The van der Waals surface area contributed by atoms with E-state index < -0.39 is 10.5 Å². The Morgan fingerprint density at radius 2 is 0.973 bits per heavy atom. The van der Waals surface area contributed by atoms with Crippen molar-refractivity contribution < 1.29 is 9.59 Å². The Bertz CT molecular complexity index is 1260. The van der Waals surface area contributed by atoms with Gasteiger partial charge in [0, 0.05) is 22.4 Å². The van der Waals surface area contributed by atoms with Crippen molar-refractivity contribution in [2.75, 3.05) is 6.54 Å². The third kappa shape index (κ3) is 8.00. The Morgan fingerprint density at radius 1 is 0.595 bits per heavy atom. The fraction of sp³-hybridized carbons (Fsp3) is 0.161. The zero-order valence-electron chi connectivity index (χ0n) is 20.6. The topological polar surface area (TPSA) is 58.2 Å². The van der Waals surface area contributed by atoms with Crippen molar-refractivity contribution in [1.82, 2.24) is 10.6 Å². The second-order valence-corrected chi connectivity index (χ2v) is 11.0. The summed E-state index contributed by atoms with van der Waals surface area (Å²) in [6, 6.07) is 39.1. The summed E-state index contributed by atoms with van der Waals surface area (Å²) in [5.74, 6) is -0.167. The second-order valence-electron chi connectivity index (χ2n) is 8.60. The van der Waals surface area contributed by atoms with Gasteiger partial charge < -0.3 is 10.6 Å². The maximum Gasteiger partial charge on any atom is 0.238 e. The number of hydrogen-bond acceptors (Lipinski definition) is 4. The number of carbonyl (C=O) groups is 2. The summed E-state index contributed by atoms with van der Waals surface area (Å²) in [7, 11) is 0. The molecule has 0 heterocycles. The molecule has 0 bridgehead atoms. The number of benzene rings is 4. The van der Waals surface area contributed by atoms with Gasteiger partial charge in [0.2, 0.25) is 11.8 Å². The SMILES string of the molecule is C[C@H](CNC(=O)[C@H](Sc1ccccc1)c1ccccc1)NC(=O)[C@@H](Sc1ccccc1)c1ccccc1. The lowest BCUT2D eigenvalue weighted by molar-refractivity contribution is -0.123. The van der Waals surface area contributed by atoms with Crippen molar-refractivity contribution in [2.45, 2.75) is 33.3 Å². The Balaban J connectivity index is 1.40. The van der Waals surface area contributed by atoms with Crippen LogP contribution in [-0.2, 0) is 9.59 Å². The van der Waals surface area contributed by atoms with E-state index in [1.165, 1.54) is 23.5 Å². The van der Waals surface area contributed by atoms with Crippen LogP contribution in [0.25, 0.3) is 0 Å². The summed E-state index contributed by atoms with van der Waals surface area (Å²) in [4.78, 5) is 28.7. The summed E-state index contributed by atoms with van der Waals surface area (Å²) in [5.41, 5.74) is 1.88. The van der Waals surface area contributed by atoms with E-state index >= 15 is 0 Å². The highest BCUT2D eigenvalue weighted by atomic mass is 32.2. The zero-order chi connectivity index (χ0) is 25.9. The monoisotopic (exact) mass is 526 g/mol. The third-order valence-corrected chi connectivity index (χ3v) is 8.18. The minimum Gasteiger partial charge on any atom is -0.353 e. The first kappa shape index (κ1) is 26.6. The van der Waals surface area contributed by atoms with Gasteiger partial charge >= 0.3 is 0 Å². The molecule has 0 spiro atoms. The summed E-state index contributed by atoms with van der Waals surface area (Å²) in [6.45, 7) is 2.25. The van der Waals surface area contributed by atoms with Crippen LogP contribution >= 0.6 is 23.5 Å². The standard InChI is InChI=1S/C31H30N2O2S2/c1-23(33-31(35)29(25-16-8-3-9-17-25)37-27-20-12-5-13-21-27)22-32-30(34)28(24-14-6-2-7-15-24)36-26-18-10-4-11-19-26/h2-21,23,28-29H,22H2,1H3,(H,32,34)(H,33,35)/t23-,28-,29+/m1/s1. The minimum absolute atomic E-state index is 0.0833. The lowest BCUT2D eigenvalue weighted by atomic mass is 10.1. The molecule has 4 nitrogen and oxygen atoms in total. The second kappa shape index (κ2) is 13.7. The molecular formula is C31H30N2O2S2. The van der Waals surface area contributed by atoms with Crippen LogP contribution < -0.4 is 10.6 Å². The van der Waals surface area contributed by atoms with Crippen LogP contribution in [0.1, 0.15) is 28.6 Å². The van der Waals surface area contributed by atoms with Crippen LogP contribution in [0, 0.1) is 0 Å². The molecule has 0 aromatic heterocycles. The van der Waals surface area contributed by atoms with Gasteiger partial charge in [-0.3, -0.25) is 9.59 Å². The number of rotatable bonds is 11. The molecule has 4 aromatic carbocycles. The maximum atomic E-state index is 13.4. The maximum absolute atomic E-state index is 13.4. The van der Waals surface area contributed by atoms with Crippen molar-refractivity contribution in [3.05, 3.63) is 132 Å². The van der Waals surface area contributed by atoms with Crippen molar-refractivity contribution in [1.29, 1.82) is 0 Å². The fourth-order valence-electron chi connectivity index (χ4n) is 3.79. The normalized spacial score (nSPS) is 13.2. The van der Waals surface area contributed by atoms with Crippen LogP contribution in [0.4, 0.5) is 0 Å². The van der Waals surface area contributed by atoms with E-state index in [1.54, 1.807) is 0 Å². The van der Waals surface area contributed by atoms with Gasteiger partial charge in [0.15, 0.2) is 0 Å².